The average molecular weight is 412 g/mol. The first-order chi connectivity index (χ1) is 10.7. The zero-order valence-electron chi connectivity index (χ0n) is 13.5. The number of ether oxygens (including phenoxy) is 1. The Balaban J connectivity index is 1.46. The van der Waals surface area contributed by atoms with Gasteiger partial charge in [-0.25, -0.2) is 0 Å². The van der Waals surface area contributed by atoms with Gasteiger partial charge in [-0.05, 0) is 65.5 Å². The van der Waals surface area contributed by atoms with Crippen LogP contribution in [0.25, 0.3) is 0 Å². The number of nitrogens with one attached hydrogen (secondary N) is 1. The molecule has 22 heavy (non-hydrogen) atoms. The van der Waals surface area contributed by atoms with Crippen LogP contribution in [0.3, 0.4) is 0 Å². The van der Waals surface area contributed by atoms with Crippen LogP contribution in [0.1, 0.15) is 44.6 Å². The van der Waals surface area contributed by atoms with Gasteiger partial charge in [-0.1, -0.05) is 38.3 Å². The highest BCUT2D eigenvalue weighted by Crippen LogP contribution is 2.34. The topological polar surface area (TPSA) is 21.3 Å². The van der Waals surface area contributed by atoms with E-state index < -0.39 is 0 Å². The maximum Gasteiger partial charge on any atom is 0.0762 e. The molecule has 0 spiro atoms. The SMILES string of the molecule is C[C](C1CCCCC1)[C@@H]1CN[C@H](Cc2ccc(I)cc2)CO1. The molecule has 1 saturated heterocycles. The first-order valence-electron chi connectivity index (χ1n) is 8.65. The van der Waals surface area contributed by atoms with E-state index in [1.807, 2.05) is 0 Å². The van der Waals surface area contributed by atoms with Gasteiger partial charge in [0.2, 0.25) is 0 Å². The molecule has 0 bridgehead atoms. The summed E-state index contributed by atoms with van der Waals surface area (Å²) in [6.45, 7) is 4.14. The number of halogens is 1. The van der Waals surface area contributed by atoms with E-state index in [4.69, 9.17) is 4.74 Å². The minimum Gasteiger partial charge on any atom is -0.375 e. The van der Waals surface area contributed by atoms with Gasteiger partial charge in [-0.2, -0.15) is 0 Å². The summed E-state index contributed by atoms with van der Waals surface area (Å²) < 4.78 is 7.50. The van der Waals surface area contributed by atoms with Crippen molar-refractivity contribution in [2.24, 2.45) is 5.92 Å². The second kappa shape index (κ2) is 8.11. The van der Waals surface area contributed by atoms with Gasteiger partial charge in [0, 0.05) is 22.1 Å². The zero-order valence-corrected chi connectivity index (χ0v) is 15.6. The van der Waals surface area contributed by atoms with E-state index in [1.54, 1.807) is 5.92 Å². The lowest BCUT2D eigenvalue weighted by molar-refractivity contribution is 0.00343. The predicted octanol–water partition coefficient (Wildman–Crippen LogP) is 4.37. The van der Waals surface area contributed by atoms with Crippen molar-refractivity contribution in [2.45, 2.75) is 57.6 Å². The van der Waals surface area contributed by atoms with Crippen molar-refractivity contribution in [1.82, 2.24) is 5.32 Å². The van der Waals surface area contributed by atoms with Crippen molar-refractivity contribution in [3.8, 4) is 0 Å². The lowest BCUT2D eigenvalue weighted by atomic mass is 9.78. The van der Waals surface area contributed by atoms with Crippen LogP contribution in [0.15, 0.2) is 24.3 Å². The summed E-state index contributed by atoms with van der Waals surface area (Å²) in [6, 6.07) is 9.28. The molecule has 1 aliphatic heterocycles. The zero-order chi connectivity index (χ0) is 15.4. The Kier molecular flexibility index (Phi) is 6.16. The standard InChI is InChI=1S/C19H27INO/c1-14(16-5-3-2-4-6-16)19-12-21-18(13-22-19)11-15-7-9-17(20)10-8-15/h7-10,16,18-19,21H,2-6,11-13H2,1H3/t18-,19+/m1/s1. The molecular weight excluding hydrogens is 385 g/mol. The maximum absolute atomic E-state index is 6.20. The van der Waals surface area contributed by atoms with E-state index in [-0.39, 0.29) is 0 Å². The van der Waals surface area contributed by atoms with Gasteiger partial charge in [0.05, 0.1) is 12.7 Å². The molecule has 1 heterocycles. The van der Waals surface area contributed by atoms with Gasteiger partial charge in [-0.15, -0.1) is 0 Å². The van der Waals surface area contributed by atoms with Crippen LogP contribution in [-0.2, 0) is 11.2 Å². The van der Waals surface area contributed by atoms with E-state index >= 15 is 0 Å². The van der Waals surface area contributed by atoms with Crippen molar-refractivity contribution >= 4 is 22.6 Å². The Morgan fingerprint density at radius 3 is 2.55 bits per heavy atom. The van der Waals surface area contributed by atoms with Crippen molar-refractivity contribution in [3.05, 3.63) is 39.3 Å². The van der Waals surface area contributed by atoms with Crippen LogP contribution in [0.2, 0.25) is 0 Å². The average Bonchev–Trinajstić information content (AvgIpc) is 2.58. The summed E-state index contributed by atoms with van der Waals surface area (Å²) in [6.07, 6.45) is 8.36. The minimum atomic E-state index is 0.330. The lowest BCUT2D eigenvalue weighted by Gasteiger charge is -2.38. The van der Waals surface area contributed by atoms with Crippen LogP contribution in [0.4, 0.5) is 0 Å². The molecule has 3 heteroatoms. The van der Waals surface area contributed by atoms with Crippen LogP contribution in [-0.4, -0.2) is 25.3 Å². The Labute approximate surface area is 148 Å². The number of benzene rings is 1. The van der Waals surface area contributed by atoms with Gasteiger partial charge >= 0.3 is 0 Å². The minimum absolute atomic E-state index is 0.330. The quantitative estimate of drug-likeness (QED) is 0.742. The van der Waals surface area contributed by atoms with E-state index in [2.05, 4.69) is 59.1 Å². The third kappa shape index (κ3) is 4.45. The lowest BCUT2D eigenvalue weighted by Crippen LogP contribution is -2.50. The van der Waals surface area contributed by atoms with Gasteiger partial charge in [0.25, 0.3) is 0 Å². The largest absolute Gasteiger partial charge is 0.375 e. The number of morpholine rings is 1. The summed E-state index contributed by atoms with van der Waals surface area (Å²) in [5.41, 5.74) is 1.40. The van der Waals surface area contributed by atoms with E-state index in [9.17, 15) is 0 Å². The highest BCUT2D eigenvalue weighted by molar-refractivity contribution is 14.1. The monoisotopic (exact) mass is 412 g/mol. The molecule has 1 aromatic carbocycles. The molecule has 2 fully saturated rings. The molecular formula is C19H27INO. The van der Waals surface area contributed by atoms with Gasteiger partial charge < -0.3 is 10.1 Å². The molecule has 2 nitrogen and oxygen atoms in total. The normalized spacial score (nSPS) is 27.2. The first kappa shape index (κ1) is 16.7. The van der Waals surface area contributed by atoms with E-state index in [0.29, 0.717) is 12.1 Å². The first-order valence-corrected chi connectivity index (χ1v) is 9.73. The Morgan fingerprint density at radius 2 is 1.91 bits per heavy atom. The smallest absolute Gasteiger partial charge is 0.0762 e. The van der Waals surface area contributed by atoms with Crippen molar-refractivity contribution in [2.75, 3.05) is 13.2 Å². The second-order valence-electron chi connectivity index (χ2n) is 6.84. The third-order valence-electron chi connectivity index (χ3n) is 5.24. The molecule has 1 radical (unpaired) electrons. The Morgan fingerprint density at radius 1 is 1.18 bits per heavy atom. The molecule has 0 unspecified atom stereocenters. The molecule has 0 amide bonds. The molecule has 1 saturated carbocycles. The predicted molar refractivity (Wildman–Crippen MR) is 99.9 cm³/mol. The Bertz CT molecular complexity index is 447. The molecule has 0 aromatic heterocycles. The molecule has 2 atom stereocenters. The molecule has 3 rings (SSSR count). The summed E-state index contributed by atoms with van der Waals surface area (Å²) in [7, 11) is 0. The van der Waals surface area contributed by atoms with Crippen LogP contribution < -0.4 is 5.32 Å². The molecule has 1 N–H and O–H groups in total. The van der Waals surface area contributed by atoms with Crippen molar-refractivity contribution in [3.63, 3.8) is 0 Å². The maximum atomic E-state index is 6.20. The summed E-state index contributed by atoms with van der Waals surface area (Å²) in [4.78, 5) is 0. The van der Waals surface area contributed by atoms with Crippen molar-refractivity contribution < 1.29 is 4.74 Å². The second-order valence-corrected chi connectivity index (χ2v) is 8.08. The van der Waals surface area contributed by atoms with Crippen molar-refractivity contribution in [1.29, 1.82) is 0 Å². The van der Waals surface area contributed by atoms with E-state index in [1.165, 1.54) is 41.2 Å². The third-order valence-corrected chi connectivity index (χ3v) is 5.96. The number of hydrogen-bond donors (Lipinski definition) is 1. The number of hydrogen-bond acceptors (Lipinski definition) is 2. The van der Waals surface area contributed by atoms with Gasteiger partial charge in [0.1, 0.15) is 0 Å². The fraction of sp³-hybridized carbons (Fsp3) is 0.632. The highest BCUT2D eigenvalue weighted by atomic mass is 127. The summed E-state index contributed by atoms with van der Waals surface area (Å²) in [5, 5.41) is 3.70. The highest BCUT2D eigenvalue weighted by Gasteiger charge is 2.31. The van der Waals surface area contributed by atoms with Crippen LogP contribution in [0.5, 0.6) is 0 Å². The van der Waals surface area contributed by atoms with Gasteiger partial charge in [0.15, 0.2) is 0 Å². The summed E-state index contributed by atoms with van der Waals surface area (Å²) in [5.74, 6) is 2.38. The van der Waals surface area contributed by atoms with Crippen LogP contribution in [0, 0.1) is 15.4 Å². The molecule has 121 valence electrons. The molecule has 2 aliphatic rings. The Hall–Kier alpha value is -0.130. The molecule has 1 aromatic rings. The van der Waals surface area contributed by atoms with E-state index in [0.717, 1.165) is 25.5 Å². The fourth-order valence-electron chi connectivity index (χ4n) is 3.77. The summed E-state index contributed by atoms with van der Waals surface area (Å²) >= 11 is 2.36. The van der Waals surface area contributed by atoms with Crippen LogP contribution >= 0.6 is 22.6 Å². The fourth-order valence-corrected chi connectivity index (χ4v) is 4.13. The molecule has 1 aliphatic carbocycles. The number of rotatable bonds is 4. The van der Waals surface area contributed by atoms with Gasteiger partial charge in [-0.3, -0.25) is 0 Å².